The fraction of sp³-hybridized carbons (Fsp3) is 0.783. The second kappa shape index (κ2) is 11.9. The molecule has 2 aliphatic carbocycles. The topological polar surface area (TPSA) is 29.5 Å². The number of amides is 1. The SMILES string of the molecule is C.CC(C)(C)[Si](C)(C)OCC[C@H]1C=CCC1.CN(C)C(=O)C[C@H]1C=CCC1. The minimum atomic E-state index is -1.50. The normalized spacial score (nSPS) is 21.4. The number of nitrogens with zero attached hydrogens (tertiary/aromatic N) is 1. The van der Waals surface area contributed by atoms with Crippen LogP contribution in [0.4, 0.5) is 0 Å². The summed E-state index contributed by atoms with van der Waals surface area (Å²) in [5.41, 5.74) is 0. The molecule has 0 saturated carbocycles. The van der Waals surface area contributed by atoms with Gasteiger partial charge in [0.15, 0.2) is 8.32 Å². The van der Waals surface area contributed by atoms with Crippen LogP contribution in [-0.4, -0.2) is 39.8 Å². The first-order valence-electron chi connectivity index (χ1n) is 10.2. The van der Waals surface area contributed by atoms with Gasteiger partial charge in [0, 0.05) is 27.1 Å². The Labute approximate surface area is 170 Å². The first-order chi connectivity index (χ1) is 12.0. The molecule has 0 bridgehead atoms. The summed E-state index contributed by atoms with van der Waals surface area (Å²) in [5.74, 6) is 1.53. The predicted octanol–water partition coefficient (Wildman–Crippen LogP) is 6.43. The van der Waals surface area contributed by atoms with Gasteiger partial charge in [-0.2, -0.15) is 0 Å². The Morgan fingerprint density at radius 3 is 2.00 bits per heavy atom. The molecule has 2 rings (SSSR count). The van der Waals surface area contributed by atoms with Crippen LogP contribution in [0.1, 0.15) is 66.7 Å². The lowest BCUT2D eigenvalue weighted by atomic mass is 10.1. The van der Waals surface area contributed by atoms with Crippen molar-refractivity contribution in [1.82, 2.24) is 4.90 Å². The van der Waals surface area contributed by atoms with E-state index in [-0.39, 0.29) is 13.3 Å². The van der Waals surface area contributed by atoms with Crippen LogP contribution in [0, 0.1) is 11.8 Å². The highest BCUT2D eigenvalue weighted by Crippen LogP contribution is 2.36. The number of hydrogen-bond acceptors (Lipinski definition) is 2. The molecule has 0 saturated heterocycles. The molecule has 0 aromatic rings. The van der Waals surface area contributed by atoms with Crippen LogP contribution >= 0.6 is 0 Å². The Morgan fingerprint density at radius 2 is 1.59 bits per heavy atom. The molecule has 3 nitrogen and oxygen atoms in total. The number of hydrogen-bond donors (Lipinski definition) is 0. The quantitative estimate of drug-likeness (QED) is 0.383. The average molecular weight is 396 g/mol. The molecule has 2 aliphatic rings. The van der Waals surface area contributed by atoms with Crippen LogP contribution in [0.15, 0.2) is 24.3 Å². The van der Waals surface area contributed by atoms with Crippen molar-refractivity contribution in [2.45, 2.75) is 84.9 Å². The minimum Gasteiger partial charge on any atom is -0.417 e. The molecule has 0 unspecified atom stereocenters. The van der Waals surface area contributed by atoms with E-state index in [1.54, 1.807) is 19.0 Å². The van der Waals surface area contributed by atoms with Gasteiger partial charge in [-0.15, -0.1) is 0 Å². The van der Waals surface area contributed by atoms with Gasteiger partial charge >= 0.3 is 0 Å². The van der Waals surface area contributed by atoms with Crippen molar-refractivity contribution < 1.29 is 9.22 Å². The third-order valence-corrected chi connectivity index (χ3v) is 10.5. The van der Waals surface area contributed by atoms with Gasteiger partial charge in [0.25, 0.3) is 0 Å². The van der Waals surface area contributed by atoms with E-state index in [0.717, 1.165) is 25.4 Å². The third kappa shape index (κ3) is 9.75. The predicted molar refractivity (Wildman–Crippen MR) is 122 cm³/mol. The van der Waals surface area contributed by atoms with Gasteiger partial charge in [-0.05, 0) is 62.1 Å². The van der Waals surface area contributed by atoms with Crippen molar-refractivity contribution in [1.29, 1.82) is 0 Å². The van der Waals surface area contributed by atoms with Gasteiger partial charge < -0.3 is 9.33 Å². The smallest absolute Gasteiger partial charge is 0.222 e. The highest BCUT2D eigenvalue weighted by Gasteiger charge is 2.36. The van der Waals surface area contributed by atoms with E-state index >= 15 is 0 Å². The Kier molecular flexibility index (Phi) is 11.5. The van der Waals surface area contributed by atoms with Crippen LogP contribution < -0.4 is 0 Å². The molecule has 0 aromatic carbocycles. The number of carbonyl (C=O) groups excluding carboxylic acids is 1. The lowest BCUT2D eigenvalue weighted by Gasteiger charge is -2.36. The summed E-state index contributed by atoms with van der Waals surface area (Å²) in [6.07, 6.45) is 15.8. The van der Waals surface area contributed by atoms with Crippen molar-refractivity contribution in [2.24, 2.45) is 11.8 Å². The standard InChI is InChI=1S/C13H26OSi.C9H15NO.CH4/c1-13(2,3)15(4,5)14-11-10-12-8-6-7-9-12;1-10(2)9(11)7-8-5-3-4-6-8;/h6,8,12H,7,9-11H2,1-5H3;3,5,8H,4,6-7H2,1-2H3;1H4/t12-;8-;/m00./s1. The van der Waals surface area contributed by atoms with Gasteiger partial charge in [-0.25, -0.2) is 0 Å². The van der Waals surface area contributed by atoms with Crippen LogP contribution in [0.2, 0.25) is 18.1 Å². The minimum absolute atomic E-state index is 0. The van der Waals surface area contributed by atoms with E-state index in [0.29, 0.717) is 17.4 Å². The van der Waals surface area contributed by atoms with Crippen LogP contribution in [0.5, 0.6) is 0 Å². The third-order valence-electron chi connectivity index (χ3n) is 5.92. The van der Waals surface area contributed by atoms with Gasteiger partial charge in [-0.3, -0.25) is 4.79 Å². The highest BCUT2D eigenvalue weighted by atomic mass is 28.4. The summed E-state index contributed by atoms with van der Waals surface area (Å²) >= 11 is 0. The molecule has 0 N–H and O–H groups in total. The molecular formula is C23H45NO2Si. The van der Waals surface area contributed by atoms with Gasteiger partial charge in [0.05, 0.1) is 0 Å². The molecule has 0 aliphatic heterocycles. The fourth-order valence-electron chi connectivity index (χ4n) is 2.89. The number of rotatable bonds is 6. The van der Waals surface area contributed by atoms with Crippen LogP contribution in [0.3, 0.4) is 0 Å². The van der Waals surface area contributed by atoms with Crippen molar-refractivity contribution in [2.75, 3.05) is 20.7 Å². The van der Waals surface area contributed by atoms with E-state index in [2.05, 4.69) is 58.2 Å². The summed E-state index contributed by atoms with van der Waals surface area (Å²) in [7, 11) is 2.11. The molecule has 1 amide bonds. The molecule has 158 valence electrons. The highest BCUT2D eigenvalue weighted by molar-refractivity contribution is 6.74. The van der Waals surface area contributed by atoms with Crippen molar-refractivity contribution in [3.63, 3.8) is 0 Å². The molecular weight excluding hydrogens is 350 g/mol. The van der Waals surface area contributed by atoms with Crippen molar-refractivity contribution in [3.05, 3.63) is 24.3 Å². The zero-order valence-electron chi connectivity index (χ0n) is 18.2. The Bertz CT molecular complexity index is 489. The van der Waals surface area contributed by atoms with Gasteiger partial charge in [-0.1, -0.05) is 52.5 Å². The van der Waals surface area contributed by atoms with Crippen LogP contribution in [-0.2, 0) is 9.22 Å². The van der Waals surface area contributed by atoms with Gasteiger partial charge in [0.2, 0.25) is 5.91 Å². The summed E-state index contributed by atoms with van der Waals surface area (Å²) in [6.45, 7) is 12.5. The zero-order valence-corrected chi connectivity index (χ0v) is 19.2. The molecule has 27 heavy (non-hydrogen) atoms. The average Bonchev–Trinajstić information content (AvgIpc) is 3.20. The van der Waals surface area contributed by atoms with Gasteiger partial charge in [0.1, 0.15) is 0 Å². The molecule has 2 atom stereocenters. The molecule has 0 spiro atoms. The van der Waals surface area contributed by atoms with Crippen molar-refractivity contribution in [3.8, 4) is 0 Å². The van der Waals surface area contributed by atoms with E-state index in [1.165, 1.54) is 19.3 Å². The van der Waals surface area contributed by atoms with Crippen molar-refractivity contribution >= 4 is 14.2 Å². The lowest BCUT2D eigenvalue weighted by molar-refractivity contribution is -0.129. The molecule has 0 fully saturated rings. The summed E-state index contributed by atoms with van der Waals surface area (Å²) in [4.78, 5) is 12.8. The largest absolute Gasteiger partial charge is 0.417 e. The maximum atomic E-state index is 11.2. The zero-order chi connectivity index (χ0) is 19.8. The second-order valence-electron chi connectivity index (χ2n) is 9.42. The van der Waals surface area contributed by atoms with E-state index in [4.69, 9.17) is 4.43 Å². The Balaban J connectivity index is 0.000000504. The summed E-state index contributed by atoms with van der Waals surface area (Å²) < 4.78 is 6.16. The monoisotopic (exact) mass is 395 g/mol. The molecule has 4 heteroatoms. The summed E-state index contributed by atoms with van der Waals surface area (Å²) in [5, 5.41) is 0.346. The first-order valence-corrected chi connectivity index (χ1v) is 13.1. The Hall–Kier alpha value is -0.873. The van der Waals surface area contributed by atoms with E-state index in [1.807, 2.05) is 0 Å². The van der Waals surface area contributed by atoms with E-state index < -0.39 is 8.32 Å². The molecule has 0 aromatic heterocycles. The first kappa shape index (κ1) is 26.1. The molecule has 0 radical (unpaired) electrons. The lowest BCUT2D eigenvalue weighted by Crippen LogP contribution is -2.41. The maximum Gasteiger partial charge on any atom is 0.222 e. The number of allylic oxidation sites excluding steroid dienone is 4. The molecule has 0 heterocycles. The fourth-order valence-corrected chi connectivity index (χ4v) is 3.95. The Morgan fingerprint density at radius 1 is 1.07 bits per heavy atom. The summed E-state index contributed by atoms with van der Waals surface area (Å²) in [6, 6.07) is 0. The van der Waals surface area contributed by atoms with Crippen LogP contribution in [0.25, 0.3) is 0 Å². The van der Waals surface area contributed by atoms with E-state index in [9.17, 15) is 4.79 Å². The number of carbonyl (C=O) groups is 1. The maximum absolute atomic E-state index is 11.2. The second-order valence-corrected chi connectivity index (χ2v) is 14.2.